The van der Waals surface area contributed by atoms with Gasteiger partial charge in [-0.1, -0.05) is 13.3 Å². The first-order valence-corrected chi connectivity index (χ1v) is 8.37. The van der Waals surface area contributed by atoms with Gasteiger partial charge in [-0.3, -0.25) is 4.79 Å². The van der Waals surface area contributed by atoms with Gasteiger partial charge in [-0.15, -0.1) is 11.3 Å². The van der Waals surface area contributed by atoms with E-state index in [1.54, 1.807) is 0 Å². The largest absolute Gasteiger partial charge is 0.396 e. The molecule has 0 saturated heterocycles. The molecule has 1 rings (SSSR count). The number of carbonyl (C=O) groups is 1. The van der Waals surface area contributed by atoms with Crippen LogP contribution in [0, 0.1) is 0 Å². The predicted octanol–water partition coefficient (Wildman–Crippen LogP) is 2.15. The van der Waals surface area contributed by atoms with Crippen LogP contribution in [0.4, 0.5) is 10.7 Å². The zero-order valence-corrected chi connectivity index (χ0v) is 12.4. The van der Waals surface area contributed by atoms with Crippen molar-refractivity contribution in [3.63, 3.8) is 0 Å². The summed E-state index contributed by atoms with van der Waals surface area (Å²) in [5.74, 6) is -0.217. The Morgan fingerprint density at radius 3 is 2.50 bits per heavy atom. The summed E-state index contributed by atoms with van der Waals surface area (Å²) in [6.45, 7) is 4.09. The van der Waals surface area contributed by atoms with Crippen LogP contribution < -0.4 is 11.1 Å². The molecule has 0 aliphatic carbocycles. The zero-order valence-electron chi connectivity index (χ0n) is 10.7. The molecule has 0 unspecified atom stereocenters. The van der Waals surface area contributed by atoms with E-state index in [2.05, 4.69) is 5.32 Å². The highest BCUT2D eigenvalue weighted by Crippen LogP contribution is 2.39. The third-order valence-electron chi connectivity index (χ3n) is 2.41. The molecule has 1 aromatic heterocycles. The van der Waals surface area contributed by atoms with Gasteiger partial charge in [-0.05, 0) is 6.42 Å². The van der Waals surface area contributed by atoms with E-state index >= 15 is 0 Å². The molecule has 1 heterocycles. The molecule has 0 aromatic carbocycles. The minimum atomic E-state index is -3.44. The highest BCUT2D eigenvalue weighted by molar-refractivity contribution is 7.91. The molecule has 0 spiro atoms. The molecule has 0 radical (unpaired) electrons. The van der Waals surface area contributed by atoms with Crippen LogP contribution in [0.2, 0.25) is 0 Å². The van der Waals surface area contributed by atoms with Crippen molar-refractivity contribution in [2.75, 3.05) is 23.9 Å². The van der Waals surface area contributed by atoms with Gasteiger partial charge < -0.3 is 11.1 Å². The number of sulfone groups is 1. The van der Waals surface area contributed by atoms with Crippen LogP contribution in [0.5, 0.6) is 0 Å². The minimum absolute atomic E-state index is 0.0498. The molecule has 102 valence electrons. The topological polar surface area (TPSA) is 89.3 Å². The third kappa shape index (κ3) is 3.23. The Morgan fingerprint density at radius 2 is 2.06 bits per heavy atom. The molecule has 0 aliphatic rings. The van der Waals surface area contributed by atoms with Crippen molar-refractivity contribution >= 4 is 37.6 Å². The first kappa shape index (κ1) is 15.0. The number of thiophene rings is 1. The number of nitrogen functional groups attached to an aromatic ring is 1. The molecular formula is C11H18N2O3S2. The number of carbonyl (C=O) groups excluding carboxylic acids is 1. The molecule has 0 atom stereocenters. The third-order valence-corrected chi connectivity index (χ3v) is 4.96. The van der Waals surface area contributed by atoms with Gasteiger partial charge in [0.2, 0.25) is 0 Å². The summed E-state index contributed by atoms with van der Waals surface area (Å²) in [7, 11) is -3.44. The molecule has 0 aliphatic heterocycles. The summed E-state index contributed by atoms with van der Waals surface area (Å²) in [5, 5.41) is 3.51. The van der Waals surface area contributed by atoms with Crippen LogP contribution >= 0.6 is 11.3 Å². The number of nitrogens with two attached hydrogens (primary N) is 1. The second-order valence-corrected chi connectivity index (χ2v) is 7.08. The second kappa shape index (κ2) is 5.71. The Labute approximate surface area is 111 Å². The Kier molecular flexibility index (Phi) is 4.75. The fourth-order valence-electron chi connectivity index (χ4n) is 1.55. The Hall–Kier alpha value is -1.08. The Bertz CT molecular complexity index is 547. The molecule has 18 heavy (non-hydrogen) atoms. The molecule has 0 saturated carbocycles. The number of unbranched alkanes of at least 4 members (excludes halogenated alkanes) is 1. The lowest BCUT2D eigenvalue weighted by Crippen LogP contribution is -2.07. The van der Waals surface area contributed by atoms with Crippen molar-refractivity contribution < 1.29 is 13.2 Å². The van der Waals surface area contributed by atoms with Crippen molar-refractivity contribution in [3.05, 3.63) is 4.88 Å². The van der Waals surface area contributed by atoms with Crippen LogP contribution in [-0.4, -0.2) is 27.0 Å². The van der Waals surface area contributed by atoms with E-state index < -0.39 is 9.84 Å². The summed E-state index contributed by atoms with van der Waals surface area (Å²) in [6.07, 6.45) is 3.03. The SMILES string of the molecule is CCCCNc1sc(C(C)=O)c(N)c1S(C)(=O)=O. The highest BCUT2D eigenvalue weighted by Gasteiger charge is 2.25. The average Bonchev–Trinajstić information content (AvgIpc) is 2.55. The van der Waals surface area contributed by atoms with Crippen molar-refractivity contribution in [1.82, 2.24) is 0 Å². The molecule has 3 N–H and O–H groups in total. The number of nitrogens with one attached hydrogen (secondary N) is 1. The predicted molar refractivity (Wildman–Crippen MR) is 75.2 cm³/mol. The van der Waals surface area contributed by atoms with Crippen LogP contribution in [0.15, 0.2) is 4.90 Å². The van der Waals surface area contributed by atoms with Gasteiger partial charge in [0, 0.05) is 19.7 Å². The summed E-state index contributed by atoms with van der Waals surface area (Å²) in [5.41, 5.74) is 5.83. The smallest absolute Gasteiger partial charge is 0.180 e. The van der Waals surface area contributed by atoms with E-state index in [1.165, 1.54) is 6.92 Å². The maximum atomic E-state index is 11.7. The first-order chi connectivity index (χ1) is 8.29. The van der Waals surface area contributed by atoms with Crippen molar-refractivity contribution in [1.29, 1.82) is 0 Å². The van der Waals surface area contributed by atoms with E-state index in [0.717, 1.165) is 30.4 Å². The molecule has 5 nitrogen and oxygen atoms in total. The van der Waals surface area contributed by atoms with E-state index in [1.807, 2.05) is 6.92 Å². The lowest BCUT2D eigenvalue weighted by atomic mass is 10.3. The van der Waals surface area contributed by atoms with Crippen molar-refractivity contribution in [3.8, 4) is 0 Å². The quantitative estimate of drug-likeness (QED) is 0.619. The van der Waals surface area contributed by atoms with Gasteiger partial charge in [0.15, 0.2) is 15.6 Å². The highest BCUT2D eigenvalue weighted by atomic mass is 32.2. The van der Waals surface area contributed by atoms with E-state index in [9.17, 15) is 13.2 Å². The molecule has 1 aromatic rings. The summed E-state index contributed by atoms with van der Waals surface area (Å²) >= 11 is 1.11. The maximum absolute atomic E-state index is 11.7. The summed E-state index contributed by atoms with van der Waals surface area (Å²) < 4.78 is 23.4. The van der Waals surface area contributed by atoms with Gasteiger partial charge in [0.25, 0.3) is 0 Å². The van der Waals surface area contributed by atoms with Crippen LogP contribution in [-0.2, 0) is 9.84 Å². The van der Waals surface area contributed by atoms with Gasteiger partial charge in [-0.25, -0.2) is 8.42 Å². The number of anilines is 2. The number of hydrogen-bond donors (Lipinski definition) is 2. The van der Waals surface area contributed by atoms with Gasteiger partial charge in [-0.2, -0.15) is 0 Å². The second-order valence-electron chi connectivity index (χ2n) is 4.11. The van der Waals surface area contributed by atoms with Crippen LogP contribution in [0.25, 0.3) is 0 Å². The van der Waals surface area contributed by atoms with E-state index in [-0.39, 0.29) is 16.4 Å². The fraction of sp³-hybridized carbons (Fsp3) is 0.545. The van der Waals surface area contributed by atoms with Gasteiger partial charge >= 0.3 is 0 Å². The summed E-state index contributed by atoms with van der Waals surface area (Å²) in [4.78, 5) is 11.7. The van der Waals surface area contributed by atoms with Crippen LogP contribution in [0.1, 0.15) is 36.4 Å². The van der Waals surface area contributed by atoms with E-state index in [4.69, 9.17) is 5.73 Å². The molecule has 0 bridgehead atoms. The lowest BCUT2D eigenvalue weighted by molar-refractivity contribution is 0.102. The maximum Gasteiger partial charge on any atom is 0.180 e. The summed E-state index contributed by atoms with van der Waals surface area (Å²) in [6, 6.07) is 0. The Balaban J connectivity index is 3.23. The first-order valence-electron chi connectivity index (χ1n) is 5.66. The van der Waals surface area contributed by atoms with Gasteiger partial charge in [0.05, 0.1) is 10.6 Å². The monoisotopic (exact) mass is 290 g/mol. The Morgan fingerprint density at radius 1 is 1.44 bits per heavy atom. The molecule has 0 amide bonds. The normalized spacial score (nSPS) is 11.5. The van der Waals surface area contributed by atoms with Crippen molar-refractivity contribution in [2.45, 2.75) is 31.6 Å². The molecule has 7 heteroatoms. The van der Waals surface area contributed by atoms with E-state index in [0.29, 0.717) is 16.4 Å². The molecule has 0 fully saturated rings. The molecular weight excluding hydrogens is 272 g/mol. The number of Topliss-reactive ketones (excluding diaryl/α,β-unsaturated/α-hetero) is 1. The van der Waals surface area contributed by atoms with Crippen molar-refractivity contribution in [2.24, 2.45) is 0 Å². The number of hydrogen-bond acceptors (Lipinski definition) is 6. The average molecular weight is 290 g/mol. The number of rotatable bonds is 6. The standard InChI is InChI=1S/C11H18N2O3S2/c1-4-5-6-13-11-10(18(3,15)16)8(12)9(17-11)7(2)14/h13H,4-6,12H2,1-3H3. The fourth-order valence-corrected chi connectivity index (χ4v) is 4.04. The van der Waals surface area contributed by atoms with Gasteiger partial charge in [0.1, 0.15) is 9.90 Å². The van der Waals surface area contributed by atoms with Crippen LogP contribution in [0.3, 0.4) is 0 Å². The minimum Gasteiger partial charge on any atom is -0.396 e. The number of ketones is 1. The zero-order chi connectivity index (χ0) is 13.9. The lowest BCUT2D eigenvalue weighted by Gasteiger charge is -2.05.